The molecule has 1 aromatic heterocycles. The number of aryl methyl sites for hydroxylation is 1. The van der Waals surface area contributed by atoms with Gasteiger partial charge in [0.05, 0.1) is 36.6 Å². The summed E-state index contributed by atoms with van der Waals surface area (Å²) in [4.78, 5) is 34.8. The zero-order chi connectivity index (χ0) is 27.7. The third-order valence-corrected chi connectivity index (χ3v) is 8.20. The van der Waals surface area contributed by atoms with Crippen molar-refractivity contribution in [1.29, 1.82) is 0 Å². The Morgan fingerprint density at radius 3 is 2.54 bits per heavy atom. The monoisotopic (exact) mass is 547 g/mol. The molecular formula is C30H33N3O5S. The molecule has 3 heterocycles. The van der Waals surface area contributed by atoms with E-state index in [-0.39, 0.29) is 12.2 Å². The zero-order valence-electron chi connectivity index (χ0n) is 22.9. The van der Waals surface area contributed by atoms with Crippen LogP contribution in [0, 0.1) is 6.92 Å². The summed E-state index contributed by atoms with van der Waals surface area (Å²) in [5.74, 6) is 0.593. The van der Waals surface area contributed by atoms with Gasteiger partial charge in [-0.2, -0.15) is 0 Å². The third-order valence-electron chi connectivity index (χ3n) is 7.21. The minimum absolute atomic E-state index is 0.203. The standard InChI is InChI=1S/C30H33N3O5S/c1-6-38-29(35)26-19(3)31-30-33(27(26)22-17-21(36-4)10-12-24(22)37-5)28(34)25(39-30)16-20-9-11-23(18(2)15-20)32-13-7-8-14-32/h9-12,15-17,27H,6-8,13-14H2,1-5H3/b25-16+/t27-/m0/s1. The van der Waals surface area contributed by atoms with E-state index in [1.807, 2.05) is 6.08 Å². The van der Waals surface area contributed by atoms with Crippen LogP contribution >= 0.6 is 11.3 Å². The molecule has 204 valence electrons. The van der Waals surface area contributed by atoms with Crippen LogP contribution < -0.4 is 29.3 Å². The molecule has 0 aliphatic carbocycles. The number of ether oxygens (including phenoxy) is 3. The van der Waals surface area contributed by atoms with Crippen molar-refractivity contribution in [1.82, 2.24) is 4.57 Å². The van der Waals surface area contributed by atoms with Crippen LogP contribution in [0.3, 0.4) is 0 Å². The molecule has 3 aromatic rings. The largest absolute Gasteiger partial charge is 0.497 e. The number of carbonyl (C=O) groups excluding carboxylic acids is 1. The van der Waals surface area contributed by atoms with Crippen LogP contribution in [0.25, 0.3) is 6.08 Å². The molecule has 1 saturated heterocycles. The van der Waals surface area contributed by atoms with Gasteiger partial charge in [0.2, 0.25) is 0 Å². The van der Waals surface area contributed by atoms with Crippen molar-refractivity contribution in [2.24, 2.45) is 4.99 Å². The molecule has 39 heavy (non-hydrogen) atoms. The van der Waals surface area contributed by atoms with E-state index >= 15 is 0 Å². The van der Waals surface area contributed by atoms with Crippen molar-refractivity contribution in [2.45, 2.75) is 39.7 Å². The predicted octanol–water partition coefficient (Wildman–Crippen LogP) is 3.72. The molecule has 1 fully saturated rings. The first kappa shape index (κ1) is 26.7. The molecule has 0 amide bonds. The van der Waals surface area contributed by atoms with Gasteiger partial charge in [-0.05, 0) is 81.1 Å². The van der Waals surface area contributed by atoms with Gasteiger partial charge in [0.15, 0.2) is 4.80 Å². The molecule has 0 spiro atoms. The smallest absolute Gasteiger partial charge is 0.338 e. The van der Waals surface area contributed by atoms with Crippen molar-refractivity contribution in [3.63, 3.8) is 0 Å². The quantitative estimate of drug-likeness (QED) is 0.420. The number of thiazole rings is 1. The van der Waals surface area contributed by atoms with Crippen molar-refractivity contribution < 1.29 is 19.0 Å². The van der Waals surface area contributed by atoms with Gasteiger partial charge >= 0.3 is 5.97 Å². The molecule has 1 atom stereocenters. The number of carbonyl (C=O) groups is 1. The van der Waals surface area contributed by atoms with Crippen molar-refractivity contribution in [3.05, 3.63) is 84.0 Å². The molecule has 0 N–H and O–H groups in total. The fourth-order valence-corrected chi connectivity index (χ4v) is 6.42. The number of benzene rings is 2. The minimum atomic E-state index is -0.785. The molecule has 0 unspecified atom stereocenters. The van der Waals surface area contributed by atoms with E-state index < -0.39 is 12.0 Å². The lowest BCUT2D eigenvalue weighted by atomic mass is 9.94. The Balaban J connectivity index is 1.68. The average Bonchev–Trinajstić information content (AvgIpc) is 3.56. The van der Waals surface area contributed by atoms with E-state index in [0.717, 1.165) is 18.7 Å². The van der Waals surface area contributed by atoms with E-state index in [1.54, 1.807) is 50.8 Å². The predicted molar refractivity (Wildman–Crippen MR) is 153 cm³/mol. The van der Waals surface area contributed by atoms with Crippen LogP contribution in [0.1, 0.15) is 49.4 Å². The van der Waals surface area contributed by atoms with Crippen LogP contribution in [-0.4, -0.2) is 44.5 Å². The highest BCUT2D eigenvalue weighted by Gasteiger charge is 2.35. The summed E-state index contributed by atoms with van der Waals surface area (Å²) in [6, 6.07) is 10.9. The molecule has 9 heteroatoms. The van der Waals surface area contributed by atoms with E-state index in [0.29, 0.717) is 37.7 Å². The number of hydrogen-bond acceptors (Lipinski definition) is 8. The number of aromatic nitrogens is 1. The highest BCUT2D eigenvalue weighted by Crippen LogP contribution is 2.37. The third kappa shape index (κ3) is 4.98. The number of esters is 1. The highest BCUT2D eigenvalue weighted by molar-refractivity contribution is 7.07. The Labute approximate surface area is 231 Å². The van der Waals surface area contributed by atoms with Gasteiger partial charge in [-0.3, -0.25) is 9.36 Å². The number of nitrogens with zero attached hydrogens (tertiary/aromatic N) is 3. The van der Waals surface area contributed by atoms with Crippen LogP contribution in [-0.2, 0) is 9.53 Å². The summed E-state index contributed by atoms with van der Waals surface area (Å²) in [7, 11) is 3.13. The Morgan fingerprint density at radius 2 is 1.87 bits per heavy atom. The van der Waals surface area contributed by atoms with Gasteiger partial charge in [0.25, 0.3) is 5.56 Å². The summed E-state index contributed by atoms with van der Waals surface area (Å²) in [5.41, 5.74) is 4.55. The fraction of sp³-hybridized carbons (Fsp3) is 0.367. The van der Waals surface area contributed by atoms with E-state index in [9.17, 15) is 9.59 Å². The highest BCUT2D eigenvalue weighted by atomic mass is 32.1. The summed E-state index contributed by atoms with van der Waals surface area (Å²) < 4.78 is 18.6. The number of allylic oxidation sites excluding steroid dienone is 1. The van der Waals surface area contributed by atoms with E-state index in [4.69, 9.17) is 14.2 Å². The lowest BCUT2D eigenvalue weighted by molar-refractivity contribution is -0.139. The maximum Gasteiger partial charge on any atom is 0.338 e. The number of methoxy groups -OCH3 is 2. The van der Waals surface area contributed by atoms with E-state index in [2.05, 4.69) is 35.0 Å². The van der Waals surface area contributed by atoms with Gasteiger partial charge < -0.3 is 19.1 Å². The molecule has 2 aliphatic rings. The first-order valence-corrected chi connectivity index (χ1v) is 13.9. The van der Waals surface area contributed by atoms with Crippen molar-refractivity contribution in [2.75, 3.05) is 38.8 Å². The second-order valence-corrected chi connectivity index (χ2v) is 10.7. The molecule has 2 aliphatic heterocycles. The number of hydrogen-bond donors (Lipinski definition) is 0. The summed E-state index contributed by atoms with van der Waals surface area (Å²) in [6.07, 6.45) is 4.33. The molecule has 0 bridgehead atoms. The van der Waals surface area contributed by atoms with Gasteiger partial charge in [0, 0.05) is 24.3 Å². The summed E-state index contributed by atoms with van der Waals surface area (Å²) >= 11 is 1.30. The van der Waals surface area contributed by atoms with Gasteiger partial charge in [-0.25, -0.2) is 9.79 Å². The first-order chi connectivity index (χ1) is 18.9. The second kappa shape index (κ2) is 11.1. The van der Waals surface area contributed by atoms with Gasteiger partial charge in [0.1, 0.15) is 17.5 Å². The second-order valence-electron chi connectivity index (χ2n) is 9.65. The molecule has 0 saturated carbocycles. The lowest BCUT2D eigenvalue weighted by Crippen LogP contribution is -2.40. The Morgan fingerprint density at radius 1 is 1.10 bits per heavy atom. The normalized spacial score (nSPS) is 17.2. The van der Waals surface area contributed by atoms with Crippen LogP contribution in [0.5, 0.6) is 11.5 Å². The number of fused-ring (bicyclic) bond motifs is 1. The molecule has 2 aromatic carbocycles. The minimum Gasteiger partial charge on any atom is -0.497 e. The van der Waals surface area contributed by atoms with Gasteiger partial charge in [-0.1, -0.05) is 17.4 Å². The maximum atomic E-state index is 14.0. The van der Waals surface area contributed by atoms with Crippen molar-refractivity contribution in [3.8, 4) is 11.5 Å². The number of anilines is 1. The Kier molecular flexibility index (Phi) is 7.61. The van der Waals surface area contributed by atoms with Crippen LogP contribution in [0.15, 0.2) is 57.5 Å². The maximum absolute atomic E-state index is 14.0. The SMILES string of the molecule is CCOC(=O)C1=C(C)N=c2s/c(=C/c3ccc(N4CCCC4)c(C)c3)c(=O)n2[C@H]1c1cc(OC)ccc1OC. The van der Waals surface area contributed by atoms with Gasteiger partial charge in [-0.15, -0.1) is 0 Å². The average molecular weight is 548 g/mol. The first-order valence-electron chi connectivity index (χ1n) is 13.1. The van der Waals surface area contributed by atoms with Crippen LogP contribution in [0.4, 0.5) is 5.69 Å². The molecule has 8 nitrogen and oxygen atoms in total. The Hall–Kier alpha value is -3.85. The Bertz CT molecular complexity index is 1630. The van der Waals surface area contributed by atoms with Crippen molar-refractivity contribution >= 4 is 29.1 Å². The molecule has 5 rings (SSSR count). The van der Waals surface area contributed by atoms with Crippen LogP contribution in [0.2, 0.25) is 0 Å². The topological polar surface area (TPSA) is 82.4 Å². The fourth-order valence-electron chi connectivity index (χ4n) is 5.37. The zero-order valence-corrected chi connectivity index (χ0v) is 23.8. The molecule has 0 radical (unpaired) electrons. The lowest BCUT2D eigenvalue weighted by Gasteiger charge is -2.26. The summed E-state index contributed by atoms with van der Waals surface area (Å²) in [6.45, 7) is 7.99. The number of rotatable bonds is 7. The summed E-state index contributed by atoms with van der Waals surface area (Å²) in [5, 5.41) is 0. The molecular weight excluding hydrogens is 514 g/mol. The van der Waals surface area contributed by atoms with E-state index in [1.165, 1.54) is 35.4 Å².